The molecule has 1 rings (SSSR count). The fraction of sp³-hybridized carbons (Fsp3) is 0.417. The maximum Gasteiger partial charge on any atom is 0.269 e. The minimum absolute atomic E-state index is 0.0502. The van der Waals surface area contributed by atoms with Crippen LogP contribution >= 0.6 is 11.6 Å². The van der Waals surface area contributed by atoms with Gasteiger partial charge in [-0.25, -0.2) is 0 Å². The Balaban J connectivity index is 2.68. The van der Waals surface area contributed by atoms with Crippen LogP contribution in [0.1, 0.15) is 16.8 Å². The predicted octanol–water partition coefficient (Wildman–Crippen LogP) is 1.97. The number of carbonyl (C=O) groups excluding carboxylic acids is 1. The lowest BCUT2D eigenvalue weighted by atomic mass is 10.1. The summed E-state index contributed by atoms with van der Waals surface area (Å²) in [5.74, 6) is 0.108. The molecule has 0 fully saturated rings. The molecule has 0 aromatic heterocycles. The molecule has 1 aromatic rings. The van der Waals surface area contributed by atoms with E-state index in [1.807, 2.05) is 0 Å². The number of hydrogen-bond donors (Lipinski definition) is 1. The van der Waals surface area contributed by atoms with Gasteiger partial charge in [0.15, 0.2) is 0 Å². The number of rotatable bonds is 7. The predicted molar refractivity (Wildman–Crippen MR) is 71.6 cm³/mol. The number of amides is 1. The van der Waals surface area contributed by atoms with Crippen molar-refractivity contribution in [1.82, 2.24) is 5.32 Å². The minimum atomic E-state index is -0.511. The van der Waals surface area contributed by atoms with Crippen molar-refractivity contribution >= 4 is 23.2 Å². The van der Waals surface area contributed by atoms with E-state index < -0.39 is 4.92 Å². The van der Waals surface area contributed by atoms with Crippen molar-refractivity contribution in [3.8, 4) is 0 Å². The molecule has 0 saturated heterocycles. The summed E-state index contributed by atoms with van der Waals surface area (Å²) in [6.45, 7) is 0.367. The normalized spacial score (nSPS) is 11.9. The van der Waals surface area contributed by atoms with Crippen molar-refractivity contribution in [2.45, 2.75) is 12.5 Å². The highest BCUT2D eigenvalue weighted by molar-refractivity contribution is 6.17. The van der Waals surface area contributed by atoms with E-state index in [1.165, 1.54) is 24.3 Å². The zero-order valence-electron chi connectivity index (χ0n) is 10.5. The summed E-state index contributed by atoms with van der Waals surface area (Å²) in [4.78, 5) is 21.9. The summed E-state index contributed by atoms with van der Waals surface area (Å²) in [5, 5.41) is 13.3. The average Bonchev–Trinajstić information content (AvgIpc) is 2.39. The maximum absolute atomic E-state index is 11.9. The van der Waals surface area contributed by atoms with E-state index in [4.69, 9.17) is 16.3 Å². The van der Waals surface area contributed by atoms with E-state index in [0.29, 0.717) is 24.5 Å². The zero-order valence-corrected chi connectivity index (χ0v) is 11.2. The highest BCUT2D eigenvalue weighted by Crippen LogP contribution is 2.12. The third-order valence-electron chi connectivity index (χ3n) is 2.50. The van der Waals surface area contributed by atoms with Crippen LogP contribution in [0.25, 0.3) is 0 Å². The number of benzene rings is 1. The van der Waals surface area contributed by atoms with Crippen molar-refractivity contribution in [3.05, 3.63) is 39.9 Å². The number of non-ortho nitro benzene ring substituents is 1. The van der Waals surface area contributed by atoms with Gasteiger partial charge in [0.25, 0.3) is 11.6 Å². The Labute approximate surface area is 115 Å². The molecule has 1 aromatic carbocycles. The molecule has 0 aliphatic carbocycles. The average molecular weight is 287 g/mol. The van der Waals surface area contributed by atoms with Gasteiger partial charge in [-0.3, -0.25) is 14.9 Å². The van der Waals surface area contributed by atoms with Crippen LogP contribution in [-0.4, -0.2) is 36.5 Å². The van der Waals surface area contributed by atoms with E-state index in [1.54, 1.807) is 7.11 Å². The SMILES string of the molecule is COCC(CCCl)NC(=O)c1ccc([N+](=O)[O-])cc1. The number of methoxy groups -OCH3 is 1. The number of halogens is 1. The lowest BCUT2D eigenvalue weighted by molar-refractivity contribution is -0.384. The van der Waals surface area contributed by atoms with Crippen molar-refractivity contribution < 1.29 is 14.5 Å². The van der Waals surface area contributed by atoms with Gasteiger partial charge in [0, 0.05) is 30.7 Å². The first kappa shape index (κ1) is 15.4. The molecule has 0 saturated carbocycles. The molecule has 1 N–H and O–H groups in total. The number of nitrogens with zero attached hydrogens (tertiary/aromatic N) is 1. The zero-order chi connectivity index (χ0) is 14.3. The molecule has 6 nitrogen and oxygen atoms in total. The van der Waals surface area contributed by atoms with Gasteiger partial charge in [-0.15, -0.1) is 11.6 Å². The Bertz CT molecular complexity index is 430. The van der Waals surface area contributed by atoms with Gasteiger partial charge in [-0.05, 0) is 18.6 Å². The fourth-order valence-corrected chi connectivity index (χ4v) is 1.80. The van der Waals surface area contributed by atoms with Crippen LogP contribution in [-0.2, 0) is 4.74 Å². The van der Waals surface area contributed by atoms with Gasteiger partial charge in [0.2, 0.25) is 0 Å². The van der Waals surface area contributed by atoms with Crippen LogP contribution < -0.4 is 5.32 Å². The highest BCUT2D eigenvalue weighted by Gasteiger charge is 2.14. The van der Waals surface area contributed by atoms with Gasteiger partial charge in [-0.2, -0.15) is 0 Å². The van der Waals surface area contributed by atoms with Crippen LogP contribution in [0.3, 0.4) is 0 Å². The van der Waals surface area contributed by atoms with E-state index >= 15 is 0 Å². The third-order valence-corrected chi connectivity index (χ3v) is 2.72. The van der Waals surface area contributed by atoms with Gasteiger partial charge in [0.05, 0.1) is 17.6 Å². The van der Waals surface area contributed by atoms with Crippen LogP contribution in [0.4, 0.5) is 5.69 Å². The summed E-state index contributed by atoms with van der Waals surface area (Å²) in [5.41, 5.74) is 0.312. The van der Waals surface area contributed by atoms with Crippen LogP contribution in [0.15, 0.2) is 24.3 Å². The largest absolute Gasteiger partial charge is 0.383 e. The molecule has 1 unspecified atom stereocenters. The number of hydrogen-bond acceptors (Lipinski definition) is 4. The molecule has 0 aliphatic heterocycles. The summed E-state index contributed by atoms with van der Waals surface area (Å²) in [7, 11) is 1.54. The van der Waals surface area contributed by atoms with Crippen molar-refractivity contribution in [1.29, 1.82) is 0 Å². The second-order valence-electron chi connectivity index (χ2n) is 3.91. The van der Waals surface area contributed by atoms with Gasteiger partial charge < -0.3 is 10.1 Å². The van der Waals surface area contributed by atoms with Crippen LogP contribution in [0, 0.1) is 10.1 Å². The van der Waals surface area contributed by atoms with E-state index in [2.05, 4.69) is 5.32 Å². The quantitative estimate of drug-likeness (QED) is 0.472. The summed E-state index contributed by atoms with van der Waals surface area (Å²) in [6.07, 6.45) is 0.591. The monoisotopic (exact) mass is 286 g/mol. The summed E-state index contributed by atoms with van der Waals surface area (Å²) in [6, 6.07) is 5.24. The van der Waals surface area contributed by atoms with Gasteiger partial charge >= 0.3 is 0 Å². The standard InChI is InChI=1S/C12H15ClN2O4/c1-19-8-10(6-7-13)14-12(16)9-2-4-11(5-3-9)15(17)18/h2-5,10H,6-8H2,1H3,(H,14,16). The number of nitrogens with one attached hydrogen (secondary N) is 1. The first-order valence-electron chi connectivity index (χ1n) is 5.68. The van der Waals surface area contributed by atoms with E-state index in [0.717, 1.165) is 0 Å². The Morgan fingerprint density at radius 3 is 2.58 bits per heavy atom. The fourth-order valence-electron chi connectivity index (χ4n) is 1.53. The number of alkyl halides is 1. The smallest absolute Gasteiger partial charge is 0.269 e. The summed E-state index contributed by atoms with van der Waals surface area (Å²) < 4.78 is 4.98. The molecule has 104 valence electrons. The summed E-state index contributed by atoms with van der Waals surface area (Å²) >= 11 is 5.64. The Morgan fingerprint density at radius 2 is 2.11 bits per heavy atom. The second-order valence-corrected chi connectivity index (χ2v) is 4.29. The number of nitro groups is 1. The number of nitro benzene ring substituents is 1. The molecule has 0 aliphatic rings. The lowest BCUT2D eigenvalue weighted by Crippen LogP contribution is -2.38. The third kappa shape index (κ3) is 4.84. The van der Waals surface area contributed by atoms with Crippen LogP contribution in [0.2, 0.25) is 0 Å². The topological polar surface area (TPSA) is 81.5 Å². The Hall–Kier alpha value is -1.66. The molecule has 7 heteroatoms. The van der Waals surface area contributed by atoms with Crippen LogP contribution in [0.5, 0.6) is 0 Å². The molecule has 0 spiro atoms. The van der Waals surface area contributed by atoms with Crippen molar-refractivity contribution in [3.63, 3.8) is 0 Å². The molecular weight excluding hydrogens is 272 g/mol. The molecule has 19 heavy (non-hydrogen) atoms. The molecule has 1 amide bonds. The molecule has 0 radical (unpaired) electrons. The Morgan fingerprint density at radius 1 is 1.47 bits per heavy atom. The first-order chi connectivity index (χ1) is 9.08. The molecule has 0 bridgehead atoms. The van der Waals surface area contributed by atoms with Crippen molar-refractivity contribution in [2.24, 2.45) is 0 Å². The van der Waals surface area contributed by atoms with E-state index in [9.17, 15) is 14.9 Å². The van der Waals surface area contributed by atoms with Crippen molar-refractivity contribution in [2.75, 3.05) is 19.6 Å². The second kappa shape index (κ2) is 7.70. The van der Waals surface area contributed by atoms with Gasteiger partial charge in [-0.1, -0.05) is 0 Å². The van der Waals surface area contributed by atoms with E-state index in [-0.39, 0.29) is 17.6 Å². The number of carbonyl (C=O) groups is 1. The van der Waals surface area contributed by atoms with Gasteiger partial charge in [0.1, 0.15) is 0 Å². The molecular formula is C12H15ClN2O4. The molecule has 0 heterocycles. The minimum Gasteiger partial charge on any atom is -0.383 e. The maximum atomic E-state index is 11.9. The highest BCUT2D eigenvalue weighted by atomic mass is 35.5. The molecule has 1 atom stereocenters. The Kier molecular flexibility index (Phi) is 6.24. The lowest BCUT2D eigenvalue weighted by Gasteiger charge is -2.16. The first-order valence-corrected chi connectivity index (χ1v) is 6.22. The number of ether oxygens (including phenoxy) is 1.